The van der Waals surface area contributed by atoms with Gasteiger partial charge in [0.1, 0.15) is 12.7 Å². The molecule has 0 aliphatic carbocycles. The average molecular weight is 212 g/mol. The van der Waals surface area contributed by atoms with Crippen LogP contribution in [0.5, 0.6) is 0 Å². The van der Waals surface area contributed by atoms with Gasteiger partial charge in [0.15, 0.2) is 0 Å². The van der Waals surface area contributed by atoms with Gasteiger partial charge in [-0.3, -0.25) is 0 Å². The molecule has 2 aliphatic heterocycles. The lowest BCUT2D eigenvalue weighted by molar-refractivity contribution is -0.139. The first-order chi connectivity index (χ1) is 7.16. The number of carbonyl (C=O) groups excluding carboxylic acids is 1. The Hall–Kier alpha value is -0.870. The van der Waals surface area contributed by atoms with E-state index in [1.54, 1.807) is 6.92 Å². The van der Waals surface area contributed by atoms with E-state index in [0.29, 0.717) is 24.9 Å². The zero-order valence-electron chi connectivity index (χ0n) is 9.12. The van der Waals surface area contributed by atoms with Gasteiger partial charge in [-0.05, 0) is 20.3 Å². The van der Waals surface area contributed by atoms with Crippen molar-refractivity contribution in [1.29, 1.82) is 0 Å². The minimum atomic E-state index is -0.233. The highest BCUT2D eigenvalue weighted by molar-refractivity contribution is 5.88. The molecular formula is C11H16O4. The van der Waals surface area contributed by atoms with Crippen molar-refractivity contribution in [3.05, 3.63) is 11.1 Å². The van der Waals surface area contributed by atoms with E-state index in [4.69, 9.17) is 14.2 Å². The van der Waals surface area contributed by atoms with E-state index < -0.39 is 0 Å². The molecule has 0 aromatic rings. The van der Waals surface area contributed by atoms with Crippen molar-refractivity contribution in [1.82, 2.24) is 0 Å². The van der Waals surface area contributed by atoms with E-state index in [9.17, 15) is 4.79 Å². The lowest BCUT2D eigenvalue weighted by Crippen LogP contribution is -2.12. The fourth-order valence-corrected chi connectivity index (χ4v) is 1.30. The number of ether oxygens (including phenoxy) is 3. The highest BCUT2D eigenvalue weighted by Crippen LogP contribution is 2.21. The molecule has 4 nitrogen and oxygen atoms in total. The summed E-state index contributed by atoms with van der Waals surface area (Å²) < 4.78 is 15.2. The third-order valence-corrected chi connectivity index (χ3v) is 2.69. The van der Waals surface area contributed by atoms with Gasteiger partial charge in [-0.1, -0.05) is 5.57 Å². The van der Waals surface area contributed by atoms with Gasteiger partial charge in [-0.25, -0.2) is 4.79 Å². The van der Waals surface area contributed by atoms with E-state index in [0.717, 1.165) is 18.6 Å². The van der Waals surface area contributed by atoms with Crippen molar-refractivity contribution in [2.24, 2.45) is 0 Å². The minimum absolute atomic E-state index is 0.133. The smallest absolute Gasteiger partial charge is 0.333 e. The molecule has 2 unspecified atom stereocenters. The van der Waals surface area contributed by atoms with Crippen LogP contribution < -0.4 is 0 Å². The van der Waals surface area contributed by atoms with E-state index in [2.05, 4.69) is 0 Å². The first-order valence-electron chi connectivity index (χ1n) is 5.23. The van der Waals surface area contributed by atoms with Crippen LogP contribution in [0.4, 0.5) is 0 Å². The van der Waals surface area contributed by atoms with Crippen LogP contribution in [0.15, 0.2) is 11.1 Å². The van der Waals surface area contributed by atoms with Crippen molar-refractivity contribution in [3.8, 4) is 0 Å². The molecule has 15 heavy (non-hydrogen) atoms. The largest absolute Gasteiger partial charge is 0.459 e. The SMILES string of the molecule is CC(CC1CO1)=C(C)C(=O)OCC1CO1. The predicted octanol–water partition coefficient (Wildman–Crippen LogP) is 1.05. The van der Waals surface area contributed by atoms with Gasteiger partial charge in [-0.15, -0.1) is 0 Å². The molecule has 0 saturated carbocycles. The molecule has 2 heterocycles. The zero-order chi connectivity index (χ0) is 10.8. The summed E-state index contributed by atoms with van der Waals surface area (Å²) in [6, 6.07) is 0. The Bertz CT molecular complexity index is 287. The first-order valence-corrected chi connectivity index (χ1v) is 5.23. The van der Waals surface area contributed by atoms with Gasteiger partial charge in [0.25, 0.3) is 0 Å². The second kappa shape index (κ2) is 4.33. The molecule has 2 aliphatic rings. The Morgan fingerprint density at radius 3 is 2.40 bits per heavy atom. The number of epoxide rings is 2. The summed E-state index contributed by atoms with van der Waals surface area (Å²) in [7, 11) is 0. The summed E-state index contributed by atoms with van der Waals surface area (Å²) in [4.78, 5) is 11.5. The fraction of sp³-hybridized carbons (Fsp3) is 0.727. The minimum Gasteiger partial charge on any atom is -0.459 e. The molecule has 2 fully saturated rings. The lowest BCUT2D eigenvalue weighted by atomic mass is 10.1. The highest BCUT2D eigenvalue weighted by atomic mass is 16.6. The van der Waals surface area contributed by atoms with Gasteiger partial charge in [0, 0.05) is 5.57 Å². The van der Waals surface area contributed by atoms with E-state index in [1.807, 2.05) is 6.92 Å². The maximum atomic E-state index is 11.5. The van der Waals surface area contributed by atoms with Crippen LogP contribution in [0.1, 0.15) is 20.3 Å². The van der Waals surface area contributed by atoms with Gasteiger partial charge in [-0.2, -0.15) is 0 Å². The van der Waals surface area contributed by atoms with Crippen molar-refractivity contribution < 1.29 is 19.0 Å². The molecular weight excluding hydrogens is 196 g/mol. The van der Waals surface area contributed by atoms with Crippen molar-refractivity contribution in [3.63, 3.8) is 0 Å². The molecule has 0 aromatic carbocycles. The summed E-state index contributed by atoms with van der Waals surface area (Å²) in [5.41, 5.74) is 1.75. The summed E-state index contributed by atoms with van der Waals surface area (Å²) >= 11 is 0. The zero-order valence-corrected chi connectivity index (χ0v) is 9.12. The van der Waals surface area contributed by atoms with Gasteiger partial charge in [0.2, 0.25) is 0 Å². The number of hydrogen-bond acceptors (Lipinski definition) is 4. The van der Waals surface area contributed by atoms with Crippen LogP contribution >= 0.6 is 0 Å². The first kappa shape index (κ1) is 10.6. The maximum Gasteiger partial charge on any atom is 0.333 e. The summed E-state index contributed by atoms with van der Waals surface area (Å²) in [5.74, 6) is -0.233. The Morgan fingerprint density at radius 2 is 1.87 bits per heavy atom. The Labute approximate surface area is 89.2 Å². The average Bonchev–Trinajstić information content (AvgIpc) is 3.06. The Balaban J connectivity index is 1.79. The quantitative estimate of drug-likeness (QED) is 0.388. The van der Waals surface area contributed by atoms with Gasteiger partial charge in [0.05, 0.1) is 19.3 Å². The monoisotopic (exact) mass is 212 g/mol. The molecule has 2 saturated heterocycles. The van der Waals surface area contributed by atoms with Crippen LogP contribution in [0, 0.1) is 0 Å². The normalized spacial score (nSPS) is 29.5. The predicted molar refractivity (Wildman–Crippen MR) is 53.4 cm³/mol. The van der Waals surface area contributed by atoms with Crippen molar-refractivity contribution >= 4 is 5.97 Å². The Morgan fingerprint density at radius 1 is 1.27 bits per heavy atom. The Kier molecular flexibility index (Phi) is 3.07. The third kappa shape index (κ3) is 3.32. The van der Waals surface area contributed by atoms with Crippen molar-refractivity contribution in [2.45, 2.75) is 32.5 Å². The third-order valence-electron chi connectivity index (χ3n) is 2.69. The summed E-state index contributed by atoms with van der Waals surface area (Å²) in [5, 5.41) is 0. The number of esters is 1. The molecule has 84 valence electrons. The summed E-state index contributed by atoms with van der Waals surface area (Å²) in [6.07, 6.45) is 1.29. The topological polar surface area (TPSA) is 51.4 Å². The van der Waals surface area contributed by atoms with Crippen LogP contribution in [0.2, 0.25) is 0 Å². The number of rotatable bonds is 5. The van der Waals surface area contributed by atoms with E-state index in [-0.39, 0.29) is 12.1 Å². The molecule has 0 spiro atoms. The van der Waals surface area contributed by atoms with Crippen LogP contribution in [0.3, 0.4) is 0 Å². The molecule has 0 amide bonds. The van der Waals surface area contributed by atoms with Gasteiger partial charge < -0.3 is 14.2 Å². The maximum absolute atomic E-state index is 11.5. The second-order valence-electron chi connectivity index (χ2n) is 4.12. The molecule has 0 radical (unpaired) electrons. The molecule has 0 N–H and O–H groups in total. The van der Waals surface area contributed by atoms with E-state index >= 15 is 0 Å². The highest BCUT2D eigenvalue weighted by Gasteiger charge is 2.26. The summed E-state index contributed by atoms with van der Waals surface area (Å²) in [6.45, 7) is 5.66. The molecule has 4 heteroatoms. The fourth-order valence-electron chi connectivity index (χ4n) is 1.30. The number of hydrogen-bond donors (Lipinski definition) is 0. The standard InChI is InChI=1S/C11H16O4/c1-7(3-9-4-13-9)8(2)11(12)15-6-10-5-14-10/h9-10H,3-6H2,1-2H3. The molecule has 0 bridgehead atoms. The second-order valence-corrected chi connectivity index (χ2v) is 4.12. The lowest BCUT2D eigenvalue weighted by Gasteiger charge is -2.06. The van der Waals surface area contributed by atoms with E-state index in [1.165, 1.54) is 0 Å². The van der Waals surface area contributed by atoms with Gasteiger partial charge >= 0.3 is 5.97 Å². The molecule has 0 aromatic heterocycles. The van der Waals surface area contributed by atoms with Crippen LogP contribution in [-0.2, 0) is 19.0 Å². The van der Waals surface area contributed by atoms with Crippen LogP contribution in [0.25, 0.3) is 0 Å². The van der Waals surface area contributed by atoms with Crippen molar-refractivity contribution in [2.75, 3.05) is 19.8 Å². The molecule has 2 atom stereocenters. The number of carbonyl (C=O) groups is 1. The molecule has 2 rings (SSSR count). The van der Waals surface area contributed by atoms with Crippen LogP contribution in [-0.4, -0.2) is 38.0 Å².